The minimum absolute atomic E-state index is 0.156. The highest BCUT2D eigenvalue weighted by atomic mass is 16.5. The van der Waals surface area contributed by atoms with E-state index < -0.39 is 0 Å². The molecule has 0 atom stereocenters. The Morgan fingerprint density at radius 2 is 1.53 bits per heavy atom. The van der Waals surface area contributed by atoms with Crippen LogP contribution in [-0.4, -0.2) is 76.6 Å². The second kappa shape index (κ2) is 8.54. The molecular formula is C24H23N5O5. The van der Waals surface area contributed by atoms with Crippen molar-refractivity contribution in [2.24, 2.45) is 0 Å². The van der Waals surface area contributed by atoms with E-state index in [0.29, 0.717) is 65.4 Å². The topological polar surface area (TPSA) is 109 Å². The van der Waals surface area contributed by atoms with Gasteiger partial charge in [-0.2, -0.15) is 5.10 Å². The molecule has 10 nitrogen and oxygen atoms in total. The largest absolute Gasteiger partial charge is 0.497 e. The van der Waals surface area contributed by atoms with Crippen molar-refractivity contribution in [2.75, 3.05) is 40.4 Å². The first-order valence-electron chi connectivity index (χ1n) is 10.8. The number of nitrogens with one attached hydrogen (secondary N) is 1. The van der Waals surface area contributed by atoms with E-state index in [0.717, 1.165) is 0 Å². The Balaban J connectivity index is 1.34. The quantitative estimate of drug-likeness (QED) is 0.496. The van der Waals surface area contributed by atoms with Crippen molar-refractivity contribution in [2.45, 2.75) is 0 Å². The van der Waals surface area contributed by atoms with Gasteiger partial charge in [-0.05, 0) is 24.3 Å². The average molecular weight is 461 g/mol. The molecule has 1 fully saturated rings. The van der Waals surface area contributed by atoms with Gasteiger partial charge in [0.1, 0.15) is 22.7 Å². The maximum atomic E-state index is 13.2. The van der Waals surface area contributed by atoms with Crippen LogP contribution in [0.5, 0.6) is 11.5 Å². The fraction of sp³-hybridized carbons (Fsp3) is 0.250. The highest BCUT2D eigenvalue weighted by Crippen LogP contribution is 2.24. The van der Waals surface area contributed by atoms with Crippen molar-refractivity contribution >= 4 is 28.4 Å². The molecule has 1 N–H and O–H groups in total. The van der Waals surface area contributed by atoms with Crippen LogP contribution in [0.1, 0.15) is 20.7 Å². The standard InChI is InChI=1S/C24H23N5O5/c1-33-16-11-15(12-17(13-16)34-2)23(31)27-7-9-28(10-8-27)24(32)19-14-25-29-20-6-4-3-5-18(20)22(30)26-21(19)29/h3-6,11-14H,7-10H2,1-2H3,(H,26,30). The number of nitrogens with zero attached hydrogens (tertiary/aromatic N) is 4. The Hall–Kier alpha value is -4.34. The van der Waals surface area contributed by atoms with Crippen molar-refractivity contribution in [3.63, 3.8) is 0 Å². The van der Waals surface area contributed by atoms with Crippen LogP contribution in [0.2, 0.25) is 0 Å². The zero-order valence-corrected chi connectivity index (χ0v) is 18.8. The third-order valence-corrected chi connectivity index (χ3v) is 6.06. The van der Waals surface area contributed by atoms with Gasteiger partial charge in [0, 0.05) is 37.8 Å². The predicted octanol–water partition coefficient (Wildman–Crippen LogP) is 1.79. The number of H-pyrrole nitrogens is 1. The smallest absolute Gasteiger partial charge is 0.259 e. The lowest BCUT2D eigenvalue weighted by Crippen LogP contribution is -2.50. The molecule has 0 bridgehead atoms. The van der Waals surface area contributed by atoms with Crippen molar-refractivity contribution in [3.8, 4) is 11.5 Å². The number of aromatic amines is 1. The SMILES string of the molecule is COc1cc(OC)cc(C(=O)N2CCN(C(=O)c3cnn4c3[nH]c(=O)c3ccccc34)CC2)c1. The van der Waals surface area contributed by atoms with Gasteiger partial charge < -0.3 is 24.3 Å². The molecule has 0 saturated carbocycles. The van der Waals surface area contributed by atoms with Gasteiger partial charge >= 0.3 is 0 Å². The van der Waals surface area contributed by atoms with Gasteiger partial charge in [0.05, 0.1) is 31.3 Å². The Kier molecular flexibility index (Phi) is 5.40. The lowest BCUT2D eigenvalue weighted by Gasteiger charge is -2.34. The number of carbonyl (C=O) groups is 2. The molecule has 10 heteroatoms. The maximum absolute atomic E-state index is 13.2. The average Bonchev–Trinajstić information content (AvgIpc) is 3.31. The van der Waals surface area contributed by atoms with Crippen LogP contribution in [0.25, 0.3) is 16.6 Å². The summed E-state index contributed by atoms with van der Waals surface area (Å²) >= 11 is 0. The van der Waals surface area contributed by atoms with Gasteiger partial charge in [-0.1, -0.05) is 12.1 Å². The van der Waals surface area contributed by atoms with E-state index in [-0.39, 0.29) is 17.4 Å². The van der Waals surface area contributed by atoms with Crippen LogP contribution in [-0.2, 0) is 0 Å². The zero-order chi connectivity index (χ0) is 23.8. The summed E-state index contributed by atoms with van der Waals surface area (Å²) in [6.45, 7) is 1.48. The van der Waals surface area contributed by atoms with Gasteiger partial charge in [0.15, 0.2) is 0 Å². The first-order valence-corrected chi connectivity index (χ1v) is 10.8. The molecule has 2 aromatic heterocycles. The number of ether oxygens (including phenoxy) is 2. The van der Waals surface area contributed by atoms with Gasteiger partial charge in [-0.3, -0.25) is 14.4 Å². The zero-order valence-electron chi connectivity index (χ0n) is 18.8. The molecule has 3 heterocycles. The van der Waals surface area contributed by atoms with Crippen LogP contribution in [0, 0.1) is 0 Å². The molecule has 1 aliphatic rings. The van der Waals surface area contributed by atoms with Crippen LogP contribution in [0.4, 0.5) is 0 Å². The number of methoxy groups -OCH3 is 2. The second-order valence-corrected chi connectivity index (χ2v) is 7.98. The Bertz CT molecular complexity index is 1440. The lowest BCUT2D eigenvalue weighted by molar-refractivity contribution is 0.0536. The summed E-state index contributed by atoms with van der Waals surface area (Å²) in [5, 5.41) is 4.83. The minimum atomic E-state index is -0.276. The van der Waals surface area contributed by atoms with Gasteiger partial charge in [-0.15, -0.1) is 0 Å². The predicted molar refractivity (Wildman–Crippen MR) is 125 cm³/mol. The highest BCUT2D eigenvalue weighted by Gasteiger charge is 2.28. The number of benzene rings is 2. The fourth-order valence-corrected chi connectivity index (χ4v) is 4.23. The lowest BCUT2D eigenvalue weighted by atomic mass is 10.1. The number of hydrogen-bond acceptors (Lipinski definition) is 6. The van der Waals surface area contributed by atoms with E-state index in [1.165, 1.54) is 20.4 Å². The maximum Gasteiger partial charge on any atom is 0.259 e. The van der Waals surface area contributed by atoms with Crippen molar-refractivity contribution < 1.29 is 19.1 Å². The third-order valence-electron chi connectivity index (χ3n) is 6.06. The highest BCUT2D eigenvalue weighted by molar-refractivity contribution is 6.01. The molecule has 0 unspecified atom stereocenters. The molecule has 174 valence electrons. The minimum Gasteiger partial charge on any atom is -0.497 e. The van der Waals surface area contributed by atoms with Crippen molar-refractivity contribution in [1.29, 1.82) is 0 Å². The molecule has 34 heavy (non-hydrogen) atoms. The first kappa shape index (κ1) is 21.5. The summed E-state index contributed by atoms with van der Waals surface area (Å²) in [6.07, 6.45) is 1.47. The molecule has 5 rings (SSSR count). The summed E-state index contributed by atoms with van der Waals surface area (Å²) in [6, 6.07) is 12.1. The summed E-state index contributed by atoms with van der Waals surface area (Å²) in [5.74, 6) is 0.671. The monoisotopic (exact) mass is 461 g/mol. The van der Waals surface area contributed by atoms with Crippen molar-refractivity contribution in [1.82, 2.24) is 24.4 Å². The molecule has 1 saturated heterocycles. The summed E-state index contributed by atoms with van der Waals surface area (Å²) < 4.78 is 12.1. The summed E-state index contributed by atoms with van der Waals surface area (Å²) in [5.41, 5.74) is 1.49. The van der Waals surface area contributed by atoms with E-state index >= 15 is 0 Å². The number of carbonyl (C=O) groups excluding carboxylic acids is 2. The number of hydrogen-bond donors (Lipinski definition) is 1. The van der Waals surface area contributed by atoms with E-state index in [9.17, 15) is 14.4 Å². The Morgan fingerprint density at radius 1 is 0.912 bits per heavy atom. The van der Waals surface area contributed by atoms with Crippen LogP contribution in [0.3, 0.4) is 0 Å². The van der Waals surface area contributed by atoms with Crippen LogP contribution >= 0.6 is 0 Å². The molecule has 4 aromatic rings. The van der Waals surface area contributed by atoms with Crippen LogP contribution < -0.4 is 15.0 Å². The number of aromatic nitrogens is 3. The Morgan fingerprint density at radius 3 is 2.18 bits per heavy atom. The van der Waals surface area contributed by atoms with E-state index in [1.54, 1.807) is 50.7 Å². The van der Waals surface area contributed by atoms with Gasteiger partial charge in [-0.25, -0.2) is 4.52 Å². The number of fused-ring (bicyclic) bond motifs is 3. The number of amides is 2. The molecule has 2 aromatic carbocycles. The van der Waals surface area contributed by atoms with E-state index in [2.05, 4.69) is 10.1 Å². The molecular weight excluding hydrogens is 438 g/mol. The normalized spacial score (nSPS) is 13.9. The number of piperazine rings is 1. The van der Waals surface area contributed by atoms with E-state index in [4.69, 9.17) is 9.47 Å². The Labute approximate surface area is 194 Å². The third kappa shape index (κ3) is 3.62. The van der Waals surface area contributed by atoms with Gasteiger partial charge in [0.25, 0.3) is 17.4 Å². The summed E-state index contributed by atoms with van der Waals surface area (Å²) in [7, 11) is 3.06. The molecule has 0 aliphatic carbocycles. The summed E-state index contributed by atoms with van der Waals surface area (Å²) in [4.78, 5) is 44.9. The van der Waals surface area contributed by atoms with E-state index in [1.807, 2.05) is 6.07 Å². The number of para-hydroxylation sites is 1. The fourth-order valence-electron chi connectivity index (χ4n) is 4.23. The molecule has 0 radical (unpaired) electrons. The van der Waals surface area contributed by atoms with Crippen LogP contribution in [0.15, 0.2) is 53.5 Å². The molecule has 0 spiro atoms. The van der Waals surface area contributed by atoms with Crippen molar-refractivity contribution in [3.05, 3.63) is 70.1 Å². The molecule has 2 amide bonds. The second-order valence-electron chi connectivity index (χ2n) is 7.98. The molecule has 1 aliphatic heterocycles. The van der Waals surface area contributed by atoms with Gasteiger partial charge in [0.2, 0.25) is 0 Å². The first-order chi connectivity index (χ1) is 16.5. The number of rotatable bonds is 4.